The third-order valence-corrected chi connectivity index (χ3v) is 4.28. The smallest absolute Gasteiger partial charge is 0.320 e. The van der Waals surface area contributed by atoms with Gasteiger partial charge in [0.25, 0.3) is 0 Å². The van der Waals surface area contributed by atoms with Crippen molar-refractivity contribution in [3.05, 3.63) is 53.9 Å². The molecule has 33 heavy (non-hydrogen) atoms. The van der Waals surface area contributed by atoms with Crippen LogP contribution >= 0.6 is 0 Å². The molecule has 1 aromatic heterocycles. The van der Waals surface area contributed by atoms with E-state index in [0.29, 0.717) is 70.0 Å². The lowest BCUT2D eigenvalue weighted by atomic mass is 10.1. The Hall–Kier alpha value is -3.23. The second kappa shape index (κ2) is 15.6. The summed E-state index contributed by atoms with van der Waals surface area (Å²) >= 11 is 0. The number of benzene rings is 1. The van der Waals surface area contributed by atoms with Crippen LogP contribution in [0.2, 0.25) is 0 Å². The first kappa shape index (κ1) is 26.0. The second-order valence-corrected chi connectivity index (χ2v) is 6.82. The number of carbonyl (C=O) groups is 1. The van der Waals surface area contributed by atoms with Crippen molar-refractivity contribution in [1.29, 1.82) is 5.26 Å². The summed E-state index contributed by atoms with van der Waals surface area (Å²) in [5.74, 6) is 0.249. The highest BCUT2D eigenvalue weighted by atomic mass is 16.6. The molecule has 0 bridgehead atoms. The highest BCUT2D eigenvalue weighted by molar-refractivity contribution is 5.73. The normalized spacial score (nSPS) is 11.5. The van der Waals surface area contributed by atoms with Crippen molar-refractivity contribution < 1.29 is 33.6 Å². The van der Waals surface area contributed by atoms with Gasteiger partial charge in [-0.3, -0.25) is 4.79 Å². The van der Waals surface area contributed by atoms with E-state index < -0.39 is 12.0 Å². The number of carboxylic acids is 1. The van der Waals surface area contributed by atoms with Crippen LogP contribution < -0.4 is 15.2 Å². The zero-order valence-electron chi connectivity index (χ0n) is 18.4. The van der Waals surface area contributed by atoms with Gasteiger partial charge >= 0.3 is 5.97 Å². The molecular weight excluding hydrogens is 430 g/mol. The molecule has 0 saturated carbocycles. The molecule has 1 heterocycles. The van der Waals surface area contributed by atoms with E-state index in [2.05, 4.69) is 4.98 Å². The third-order valence-electron chi connectivity index (χ3n) is 4.28. The number of carboxylic acid groups (broad SMARTS) is 1. The van der Waals surface area contributed by atoms with Gasteiger partial charge in [-0.25, -0.2) is 4.98 Å². The highest BCUT2D eigenvalue weighted by Gasteiger charge is 2.11. The van der Waals surface area contributed by atoms with E-state index in [-0.39, 0.29) is 6.42 Å². The summed E-state index contributed by atoms with van der Waals surface area (Å²) in [5, 5.41) is 17.5. The van der Waals surface area contributed by atoms with Crippen LogP contribution in [-0.2, 0) is 25.4 Å². The van der Waals surface area contributed by atoms with Gasteiger partial charge in [0.05, 0.1) is 45.8 Å². The molecule has 0 aliphatic heterocycles. The molecule has 0 radical (unpaired) electrons. The Balaban J connectivity index is 1.38. The largest absolute Gasteiger partial charge is 0.491 e. The molecule has 0 aliphatic rings. The van der Waals surface area contributed by atoms with Crippen LogP contribution in [0.1, 0.15) is 11.3 Å². The van der Waals surface area contributed by atoms with Crippen molar-refractivity contribution in [3.8, 4) is 17.6 Å². The predicted molar refractivity (Wildman–Crippen MR) is 118 cm³/mol. The van der Waals surface area contributed by atoms with E-state index in [0.717, 1.165) is 5.56 Å². The quantitative estimate of drug-likeness (QED) is 0.333. The lowest BCUT2D eigenvalue weighted by molar-refractivity contribution is -0.138. The molecule has 3 N–H and O–H groups in total. The van der Waals surface area contributed by atoms with Crippen molar-refractivity contribution in [2.45, 2.75) is 12.5 Å². The fourth-order valence-electron chi connectivity index (χ4n) is 2.57. The zero-order valence-corrected chi connectivity index (χ0v) is 18.4. The van der Waals surface area contributed by atoms with Gasteiger partial charge in [-0.05, 0) is 36.2 Å². The minimum Gasteiger partial charge on any atom is -0.491 e. The maximum absolute atomic E-state index is 10.8. The van der Waals surface area contributed by atoms with Crippen molar-refractivity contribution in [1.82, 2.24) is 4.98 Å². The molecular formula is C23H29N3O7. The second-order valence-electron chi connectivity index (χ2n) is 6.82. The number of rotatable bonds is 17. The summed E-state index contributed by atoms with van der Waals surface area (Å²) in [4.78, 5) is 14.7. The first-order chi connectivity index (χ1) is 16.1. The number of nitriles is 1. The number of pyridine rings is 1. The molecule has 0 saturated heterocycles. The molecule has 0 spiro atoms. The number of aromatic nitrogens is 1. The average Bonchev–Trinajstić information content (AvgIpc) is 2.83. The lowest BCUT2D eigenvalue weighted by Crippen LogP contribution is -2.32. The molecule has 10 nitrogen and oxygen atoms in total. The minimum absolute atomic E-state index is 0.272. The van der Waals surface area contributed by atoms with Crippen LogP contribution in [0, 0.1) is 11.3 Å². The SMILES string of the molecule is N#Cc1ccc(OCCOCCOCCOCCOc2ccc(CC(N)C(=O)O)cc2)cn1. The van der Waals surface area contributed by atoms with Crippen molar-refractivity contribution >= 4 is 5.97 Å². The van der Waals surface area contributed by atoms with Gasteiger partial charge in [-0.15, -0.1) is 0 Å². The number of ether oxygens (including phenoxy) is 5. The Morgan fingerprint density at radius 2 is 1.39 bits per heavy atom. The van der Waals surface area contributed by atoms with E-state index >= 15 is 0 Å². The first-order valence-electron chi connectivity index (χ1n) is 10.5. The van der Waals surface area contributed by atoms with Gasteiger partial charge in [0, 0.05) is 0 Å². The monoisotopic (exact) mass is 459 g/mol. The van der Waals surface area contributed by atoms with E-state index in [4.69, 9.17) is 39.8 Å². The predicted octanol–water partition coefficient (Wildman–Crippen LogP) is 1.42. The zero-order chi connectivity index (χ0) is 23.7. The number of hydrogen-bond donors (Lipinski definition) is 2. The fraction of sp³-hybridized carbons (Fsp3) is 0.435. The van der Waals surface area contributed by atoms with Crippen LogP contribution in [0.3, 0.4) is 0 Å². The maximum Gasteiger partial charge on any atom is 0.320 e. The van der Waals surface area contributed by atoms with E-state index in [1.165, 1.54) is 6.20 Å². The molecule has 2 rings (SSSR count). The number of hydrogen-bond acceptors (Lipinski definition) is 9. The van der Waals surface area contributed by atoms with E-state index in [1.54, 1.807) is 36.4 Å². The Bertz CT molecular complexity index is 854. The van der Waals surface area contributed by atoms with Crippen LogP contribution in [0.4, 0.5) is 0 Å². The van der Waals surface area contributed by atoms with Gasteiger partial charge in [-0.1, -0.05) is 12.1 Å². The molecule has 1 aromatic carbocycles. The van der Waals surface area contributed by atoms with E-state index in [9.17, 15) is 4.79 Å². The van der Waals surface area contributed by atoms with Crippen LogP contribution in [0.5, 0.6) is 11.5 Å². The molecule has 0 aliphatic carbocycles. The number of aliphatic carboxylic acids is 1. The molecule has 178 valence electrons. The van der Waals surface area contributed by atoms with Crippen molar-refractivity contribution in [2.75, 3.05) is 52.9 Å². The highest BCUT2D eigenvalue weighted by Crippen LogP contribution is 2.13. The van der Waals surface area contributed by atoms with Crippen LogP contribution in [0.15, 0.2) is 42.6 Å². The van der Waals surface area contributed by atoms with Gasteiger partial charge in [-0.2, -0.15) is 5.26 Å². The summed E-state index contributed by atoms with van der Waals surface area (Å²) in [6.07, 6.45) is 1.78. The Morgan fingerprint density at radius 3 is 1.88 bits per heavy atom. The minimum atomic E-state index is -1.02. The molecule has 10 heteroatoms. The molecule has 2 aromatic rings. The number of nitrogens with zero attached hydrogens (tertiary/aromatic N) is 2. The van der Waals surface area contributed by atoms with Gasteiger partial charge in [0.2, 0.25) is 0 Å². The first-order valence-corrected chi connectivity index (χ1v) is 10.5. The van der Waals surface area contributed by atoms with Crippen molar-refractivity contribution in [3.63, 3.8) is 0 Å². The van der Waals surface area contributed by atoms with E-state index in [1.807, 2.05) is 6.07 Å². The summed E-state index contributed by atoms with van der Waals surface area (Å²) in [5.41, 5.74) is 6.70. The molecule has 0 amide bonds. The summed E-state index contributed by atoms with van der Waals surface area (Å²) in [7, 11) is 0. The molecule has 1 unspecified atom stereocenters. The topological polar surface area (TPSA) is 146 Å². The Labute approximate surface area is 192 Å². The Kier molecular flexibility index (Phi) is 12.3. The van der Waals surface area contributed by atoms with Gasteiger partial charge < -0.3 is 34.5 Å². The van der Waals surface area contributed by atoms with Gasteiger partial charge in [0.15, 0.2) is 0 Å². The fourth-order valence-corrected chi connectivity index (χ4v) is 2.57. The van der Waals surface area contributed by atoms with Crippen LogP contribution in [-0.4, -0.2) is 75.0 Å². The number of nitrogens with two attached hydrogens (primary N) is 1. The summed E-state index contributed by atoms with van der Waals surface area (Å²) in [6.45, 7) is 3.43. The maximum atomic E-state index is 10.8. The Morgan fingerprint density at radius 1 is 0.879 bits per heavy atom. The molecule has 1 atom stereocenters. The third kappa shape index (κ3) is 11.3. The summed E-state index contributed by atoms with van der Waals surface area (Å²) < 4.78 is 27.3. The lowest BCUT2D eigenvalue weighted by Gasteiger charge is -2.10. The van der Waals surface area contributed by atoms with Gasteiger partial charge in [0.1, 0.15) is 42.5 Å². The summed E-state index contributed by atoms with van der Waals surface area (Å²) in [6, 6.07) is 11.5. The molecule has 0 fully saturated rings. The average molecular weight is 459 g/mol. The standard InChI is InChI=1S/C23H29N3O7/c24-16-19-3-6-21(17-26-19)33-14-12-31-10-8-29-7-9-30-11-13-32-20-4-1-18(2-5-20)15-22(25)23(27)28/h1-6,17,22H,7-15,25H2,(H,27,28). The van der Waals surface area contributed by atoms with Crippen molar-refractivity contribution in [2.24, 2.45) is 5.73 Å². The van der Waals surface area contributed by atoms with Crippen LogP contribution in [0.25, 0.3) is 0 Å².